The number of ether oxygens (including phenoxy) is 3. The quantitative estimate of drug-likeness (QED) is 0.439. The number of fused-ring (bicyclic) bond motifs is 1. The van der Waals surface area contributed by atoms with E-state index in [4.69, 9.17) is 14.2 Å². The number of rotatable bonds is 7. The molecule has 1 aliphatic heterocycles. The summed E-state index contributed by atoms with van der Waals surface area (Å²) in [5.74, 6) is 1.66. The first kappa shape index (κ1) is 20.9. The van der Waals surface area contributed by atoms with Gasteiger partial charge in [-0.3, -0.25) is 9.59 Å². The summed E-state index contributed by atoms with van der Waals surface area (Å²) in [6.45, 7) is 2.07. The van der Waals surface area contributed by atoms with Crippen LogP contribution < -0.4 is 25.0 Å². The molecule has 1 heterocycles. The van der Waals surface area contributed by atoms with Crippen molar-refractivity contribution in [1.82, 2.24) is 5.43 Å². The van der Waals surface area contributed by atoms with Gasteiger partial charge in [-0.15, -0.1) is 0 Å². The van der Waals surface area contributed by atoms with Gasteiger partial charge in [0.25, 0.3) is 5.91 Å². The minimum absolute atomic E-state index is 0.170. The van der Waals surface area contributed by atoms with E-state index in [1.54, 1.807) is 30.5 Å². The van der Waals surface area contributed by atoms with Crippen molar-refractivity contribution in [3.63, 3.8) is 0 Å². The van der Waals surface area contributed by atoms with E-state index in [1.807, 2.05) is 42.5 Å². The van der Waals surface area contributed by atoms with E-state index in [0.717, 1.165) is 22.6 Å². The van der Waals surface area contributed by atoms with Gasteiger partial charge in [0.15, 0.2) is 11.5 Å². The Morgan fingerprint density at radius 1 is 1.00 bits per heavy atom. The third-order valence-corrected chi connectivity index (χ3v) is 4.57. The van der Waals surface area contributed by atoms with Crippen LogP contribution in [0.5, 0.6) is 17.2 Å². The number of hydrogen-bond acceptors (Lipinski definition) is 6. The Labute approximate surface area is 184 Å². The van der Waals surface area contributed by atoms with Crippen LogP contribution in [0.25, 0.3) is 0 Å². The molecule has 4 rings (SSSR count). The van der Waals surface area contributed by atoms with Gasteiger partial charge in [0.05, 0.1) is 6.21 Å². The largest absolute Gasteiger partial charge is 0.489 e. The van der Waals surface area contributed by atoms with Crippen LogP contribution in [0.1, 0.15) is 28.4 Å². The molecule has 0 radical (unpaired) electrons. The van der Waals surface area contributed by atoms with E-state index in [1.165, 1.54) is 6.92 Å². The smallest absolute Gasteiger partial charge is 0.271 e. The Morgan fingerprint density at radius 2 is 1.75 bits per heavy atom. The highest BCUT2D eigenvalue weighted by Gasteiger charge is 2.13. The summed E-state index contributed by atoms with van der Waals surface area (Å²) in [5, 5.41) is 6.63. The fourth-order valence-electron chi connectivity index (χ4n) is 2.99. The number of benzene rings is 3. The van der Waals surface area contributed by atoms with Crippen LogP contribution in [-0.2, 0) is 11.4 Å². The molecule has 8 nitrogen and oxygen atoms in total. The molecule has 32 heavy (non-hydrogen) atoms. The highest BCUT2D eigenvalue weighted by molar-refractivity contribution is 5.96. The number of hydrogen-bond donors (Lipinski definition) is 2. The Hall–Kier alpha value is -4.33. The second kappa shape index (κ2) is 9.65. The molecular weight excluding hydrogens is 410 g/mol. The van der Waals surface area contributed by atoms with Crippen molar-refractivity contribution in [1.29, 1.82) is 0 Å². The van der Waals surface area contributed by atoms with E-state index in [-0.39, 0.29) is 18.6 Å². The summed E-state index contributed by atoms with van der Waals surface area (Å²) in [5.41, 5.74) is 5.32. The predicted octanol–water partition coefficient (Wildman–Crippen LogP) is 3.72. The maximum atomic E-state index is 12.2. The van der Waals surface area contributed by atoms with Gasteiger partial charge in [0.2, 0.25) is 12.7 Å². The summed E-state index contributed by atoms with van der Waals surface area (Å²) < 4.78 is 16.5. The molecule has 8 heteroatoms. The molecule has 0 saturated carbocycles. The topological polar surface area (TPSA) is 98.3 Å². The lowest BCUT2D eigenvalue weighted by molar-refractivity contribution is -0.114. The van der Waals surface area contributed by atoms with Gasteiger partial charge in [-0.25, -0.2) is 5.43 Å². The SMILES string of the molecule is CC(=O)Nc1ccc(C(=O)N/N=C\c2ccc(OCc3ccc4c(c3)OCO4)cc2)cc1. The number of carbonyl (C=O) groups excluding carboxylic acids is 2. The Bertz CT molecular complexity index is 1140. The average molecular weight is 431 g/mol. The van der Waals surface area contributed by atoms with Crippen LogP contribution in [-0.4, -0.2) is 24.8 Å². The van der Waals surface area contributed by atoms with Crippen LogP contribution >= 0.6 is 0 Å². The highest BCUT2D eigenvalue weighted by Crippen LogP contribution is 2.32. The van der Waals surface area contributed by atoms with Gasteiger partial charge in [-0.2, -0.15) is 5.10 Å². The fourth-order valence-corrected chi connectivity index (χ4v) is 2.99. The second-order valence-electron chi connectivity index (χ2n) is 7.00. The normalized spacial score (nSPS) is 11.9. The van der Waals surface area contributed by atoms with E-state index >= 15 is 0 Å². The van der Waals surface area contributed by atoms with Crippen molar-refractivity contribution in [2.75, 3.05) is 12.1 Å². The molecule has 0 aromatic heterocycles. The zero-order valence-electron chi connectivity index (χ0n) is 17.3. The van der Waals surface area contributed by atoms with Crippen molar-refractivity contribution in [3.05, 3.63) is 83.4 Å². The van der Waals surface area contributed by atoms with E-state index in [0.29, 0.717) is 23.6 Å². The Morgan fingerprint density at radius 3 is 2.50 bits per heavy atom. The molecule has 0 bridgehead atoms. The lowest BCUT2D eigenvalue weighted by Gasteiger charge is -2.07. The number of hydrazone groups is 1. The monoisotopic (exact) mass is 431 g/mol. The number of nitrogens with zero attached hydrogens (tertiary/aromatic N) is 1. The summed E-state index contributed by atoms with van der Waals surface area (Å²) in [6, 6.07) is 19.6. The minimum atomic E-state index is -0.348. The number of amides is 2. The molecule has 0 aliphatic carbocycles. The first-order valence-corrected chi connectivity index (χ1v) is 9.89. The molecule has 2 amide bonds. The molecular formula is C24H21N3O5. The summed E-state index contributed by atoms with van der Waals surface area (Å²) in [7, 11) is 0. The van der Waals surface area contributed by atoms with E-state index in [2.05, 4.69) is 15.8 Å². The Balaban J connectivity index is 1.26. The van der Waals surface area contributed by atoms with Gasteiger partial charge in [-0.05, 0) is 71.8 Å². The first-order valence-electron chi connectivity index (χ1n) is 9.89. The molecule has 3 aromatic rings. The van der Waals surface area contributed by atoms with E-state index in [9.17, 15) is 9.59 Å². The van der Waals surface area contributed by atoms with Gasteiger partial charge >= 0.3 is 0 Å². The van der Waals surface area contributed by atoms with Crippen molar-refractivity contribution >= 4 is 23.7 Å². The maximum Gasteiger partial charge on any atom is 0.271 e. The summed E-state index contributed by atoms with van der Waals surface area (Å²) in [4.78, 5) is 23.2. The van der Waals surface area contributed by atoms with Crippen molar-refractivity contribution in [2.45, 2.75) is 13.5 Å². The zero-order valence-corrected chi connectivity index (χ0v) is 17.3. The molecule has 0 fully saturated rings. The Kier molecular flexibility index (Phi) is 6.31. The fraction of sp³-hybridized carbons (Fsp3) is 0.125. The van der Waals surface area contributed by atoms with Crippen molar-refractivity contribution < 1.29 is 23.8 Å². The van der Waals surface area contributed by atoms with Gasteiger partial charge in [-0.1, -0.05) is 6.07 Å². The molecule has 3 aromatic carbocycles. The molecule has 0 saturated heterocycles. The third-order valence-electron chi connectivity index (χ3n) is 4.57. The van der Waals surface area contributed by atoms with Crippen LogP contribution in [0, 0.1) is 0 Å². The standard InChI is InChI=1S/C24H21N3O5/c1-16(28)26-20-7-5-19(6-8-20)24(29)27-25-13-17-2-9-21(10-3-17)30-14-18-4-11-22-23(12-18)32-15-31-22/h2-13H,14-15H2,1H3,(H,26,28)(H,27,29)/b25-13-. The van der Waals surface area contributed by atoms with Crippen molar-refractivity contribution in [3.8, 4) is 17.2 Å². The molecule has 0 spiro atoms. The van der Waals surface area contributed by atoms with Crippen LogP contribution in [0.2, 0.25) is 0 Å². The summed E-state index contributed by atoms with van der Waals surface area (Å²) in [6.07, 6.45) is 1.55. The molecule has 162 valence electrons. The zero-order chi connectivity index (χ0) is 22.3. The number of nitrogens with one attached hydrogen (secondary N) is 2. The molecule has 0 unspecified atom stereocenters. The minimum Gasteiger partial charge on any atom is -0.489 e. The average Bonchev–Trinajstić information content (AvgIpc) is 3.26. The molecule has 0 atom stereocenters. The molecule has 1 aliphatic rings. The predicted molar refractivity (Wildman–Crippen MR) is 119 cm³/mol. The molecule has 2 N–H and O–H groups in total. The van der Waals surface area contributed by atoms with Crippen LogP contribution in [0.4, 0.5) is 5.69 Å². The highest BCUT2D eigenvalue weighted by atomic mass is 16.7. The number of carbonyl (C=O) groups is 2. The van der Waals surface area contributed by atoms with Gasteiger partial charge in [0.1, 0.15) is 12.4 Å². The van der Waals surface area contributed by atoms with Crippen LogP contribution in [0.15, 0.2) is 71.8 Å². The first-order chi connectivity index (χ1) is 15.6. The van der Waals surface area contributed by atoms with E-state index < -0.39 is 0 Å². The lowest BCUT2D eigenvalue weighted by Crippen LogP contribution is -2.17. The third kappa shape index (κ3) is 5.42. The summed E-state index contributed by atoms with van der Waals surface area (Å²) >= 11 is 0. The van der Waals surface area contributed by atoms with Crippen LogP contribution in [0.3, 0.4) is 0 Å². The van der Waals surface area contributed by atoms with Crippen molar-refractivity contribution in [2.24, 2.45) is 5.10 Å². The van der Waals surface area contributed by atoms with Gasteiger partial charge in [0, 0.05) is 18.2 Å². The number of anilines is 1. The van der Waals surface area contributed by atoms with Gasteiger partial charge < -0.3 is 19.5 Å². The lowest BCUT2D eigenvalue weighted by atomic mass is 10.2. The maximum absolute atomic E-state index is 12.2. The second-order valence-corrected chi connectivity index (χ2v) is 7.00.